The minimum Gasteiger partial charge on any atom is -0.383 e. The third kappa shape index (κ3) is 4.76. The van der Waals surface area contributed by atoms with E-state index in [9.17, 15) is 4.79 Å². The molecule has 102 valence electrons. The third-order valence-corrected chi connectivity index (χ3v) is 3.69. The van der Waals surface area contributed by atoms with Crippen LogP contribution >= 0.6 is 11.3 Å². The summed E-state index contributed by atoms with van der Waals surface area (Å²) in [5.41, 5.74) is 5.51. The number of rotatable bonds is 8. The van der Waals surface area contributed by atoms with Crippen LogP contribution < -0.4 is 5.73 Å². The quantitative estimate of drug-likeness (QED) is 0.782. The Kier molecular flexibility index (Phi) is 6.93. The van der Waals surface area contributed by atoms with Crippen molar-refractivity contribution < 1.29 is 9.53 Å². The topological polar surface area (TPSA) is 55.6 Å². The van der Waals surface area contributed by atoms with Crippen LogP contribution in [0.3, 0.4) is 0 Å². The monoisotopic (exact) mass is 270 g/mol. The molecule has 2 N–H and O–H groups in total. The van der Waals surface area contributed by atoms with Gasteiger partial charge < -0.3 is 15.4 Å². The fourth-order valence-electron chi connectivity index (χ4n) is 1.74. The standard InChI is InChI=1S/C13H22N2O2S/c1-11(5-6-14)13(16)15(7-8-17-2)10-12-4-3-9-18-12/h3-4,9,11H,5-8,10,14H2,1-2H3. The summed E-state index contributed by atoms with van der Waals surface area (Å²) in [6.07, 6.45) is 0.729. The number of hydrogen-bond donors (Lipinski definition) is 1. The van der Waals surface area contributed by atoms with Crippen molar-refractivity contribution in [2.45, 2.75) is 19.9 Å². The van der Waals surface area contributed by atoms with E-state index in [1.807, 2.05) is 29.3 Å². The summed E-state index contributed by atoms with van der Waals surface area (Å²) in [5.74, 6) is 0.137. The molecule has 18 heavy (non-hydrogen) atoms. The maximum atomic E-state index is 12.3. The SMILES string of the molecule is COCCN(Cc1cccs1)C(=O)C(C)CCN. The van der Waals surface area contributed by atoms with Crippen LogP contribution in [0, 0.1) is 5.92 Å². The van der Waals surface area contributed by atoms with E-state index in [1.54, 1.807) is 18.4 Å². The van der Waals surface area contributed by atoms with Crippen molar-refractivity contribution in [3.63, 3.8) is 0 Å². The van der Waals surface area contributed by atoms with Gasteiger partial charge in [0, 0.05) is 24.4 Å². The summed E-state index contributed by atoms with van der Waals surface area (Å²) in [7, 11) is 1.65. The molecule has 0 aliphatic carbocycles. The molecular formula is C13H22N2O2S. The van der Waals surface area contributed by atoms with E-state index >= 15 is 0 Å². The molecule has 1 amide bonds. The number of methoxy groups -OCH3 is 1. The first-order valence-corrected chi connectivity index (χ1v) is 7.07. The van der Waals surface area contributed by atoms with Crippen LogP contribution in [0.5, 0.6) is 0 Å². The van der Waals surface area contributed by atoms with Gasteiger partial charge >= 0.3 is 0 Å². The second-order valence-corrected chi connectivity index (χ2v) is 5.34. The summed E-state index contributed by atoms with van der Waals surface area (Å²) >= 11 is 1.67. The van der Waals surface area contributed by atoms with Crippen LogP contribution in [0.1, 0.15) is 18.2 Å². The van der Waals surface area contributed by atoms with Crippen LogP contribution in [0.4, 0.5) is 0 Å². The number of amides is 1. The number of hydrogen-bond acceptors (Lipinski definition) is 4. The first-order chi connectivity index (χ1) is 8.69. The molecule has 1 unspecified atom stereocenters. The lowest BCUT2D eigenvalue weighted by atomic mass is 10.1. The lowest BCUT2D eigenvalue weighted by molar-refractivity contribution is -0.136. The van der Waals surface area contributed by atoms with Crippen LogP contribution in [0.25, 0.3) is 0 Å². The zero-order valence-electron chi connectivity index (χ0n) is 11.1. The van der Waals surface area contributed by atoms with Gasteiger partial charge in [-0.25, -0.2) is 0 Å². The molecule has 0 saturated heterocycles. The third-order valence-electron chi connectivity index (χ3n) is 2.83. The molecule has 1 heterocycles. The molecule has 0 aromatic carbocycles. The Hall–Kier alpha value is -0.910. The van der Waals surface area contributed by atoms with Gasteiger partial charge in [0.2, 0.25) is 5.91 Å². The molecule has 1 aromatic rings. The maximum Gasteiger partial charge on any atom is 0.225 e. The van der Waals surface area contributed by atoms with Gasteiger partial charge in [-0.1, -0.05) is 13.0 Å². The lowest BCUT2D eigenvalue weighted by Gasteiger charge is -2.25. The van der Waals surface area contributed by atoms with E-state index < -0.39 is 0 Å². The Labute approximate surface area is 113 Å². The van der Waals surface area contributed by atoms with Gasteiger partial charge in [0.25, 0.3) is 0 Å². The van der Waals surface area contributed by atoms with Crippen LogP contribution in [-0.2, 0) is 16.1 Å². The predicted octanol–water partition coefficient (Wildman–Crippen LogP) is 1.71. The molecule has 1 atom stereocenters. The molecule has 0 fully saturated rings. The van der Waals surface area contributed by atoms with Crippen molar-refractivity contribution in [1.29, 1.82) is 0 Å². The molecule has 0 saturated carbocycles. The maximum absolute atomic E-state index is 12.3. The Morgan fingerprint density at radius 1 is 1.61 bits per heavy atom. The highest BCUT2D eigenvalue weighted by molar-refractivity contribution is 7.09. The first kappa shape index (κ1) is 15.1. The number of thiophene rings is 1. The van der Waals surface area contributed by atoms with Gasteiger partial charge in [-0.15, -0.1) is 11.3 Å². The molecule has 0 aliphatic heterocycles. The summed E-state index contributed by atoms with van der Waals surface area (Å²) < 4.78 is 5.07. The van der Waals surface area contributed by atoms with Crippen LogP contribution in [-0.4, -0.2) is 37.6 Å². The minimum absolute atomic E-state index is 0.0215. The average molecular weight is 270 g/mol. The normalized spacial score (nSPS) is 12.4. The highest BCUT2D eigenvalue weighted by atomic mass is 32.1. The number of ether oxygens (including phenoxy) is 1. The highest BCUT2D eigenvalue weighted by Gasteiger charge is 2.20. The molecular weight excluding hydrogens is 248 g/mol. The van der Waals surface area contributed by atoms with Crippen molar-refractivity contribution in [2.24, 2.45) is 11.7 Å². The van der Waals surface area contributed by atoms with Gasteiger partial charge in [0.05, 0.1) is 13.2 Å². The number of carbonyl (C=O) groups is 1. The van der Waals surface area contributed by atoms with E-state index in [1.165, 1.54) is 4.88 Å². The molecule has 0 aliphatic rings. The van der Waals surface area contributed by atoms with Crippen LogP contribution in [0.15, 0.2) is 17.5 Å². The highest BCUT2D eigenvalue weighted by Crippen LogP contribution is 2.15. The lowest BCUT2D eigenvalue weighted by Crippen LogP contribution is -2.37. The average Bonchev–Trinajstić information content (AvgIpc) is 2.86. The van der Waals surface area contributed by atoms with E-state index in [-0.39, 0.29) is 11.8 Å². The Balaban J connectivity index is 2.61. The predicted molar refractivity (Wildman–Crippen MR) is 74.4 cm³/mol. The Bertz CT molecular complexity index is 341. The van der Waals surface area contributed by atoms with E-state index in [4.69, 9.17) is 10.5 Å². The van der Waals surface area contributed by atoms with E-state index in [0.717, 1.165) is 6.42 Å². The number of nitrogens with zero attached hydrogens (tertiary/aromatic N) is 1. The Morgan fingerprint density at radius 2 is 2.39 bits per heavy atom. The molecule has 5 heteroatoms. The molecule has 0 spiro atoms. The summed E-state index contributed by atoms with van der Waals surface area (Å²) in [4.78, 5) is 15.3. The van der Waals surface area contributed by atoms with Crippen molar-refractivity contribution >= 4 is 17.2 Å². The van der Waals surface area contributed by atoms with Gasteiger partial charge in [-0.2, -0.15) is 0 Å². The molecule has 1 rings (SSSR count). The van der Waals surface area contributed by atoms with Crippen molar-refractivity contribution in [1.82, 2.24) is 4.90 Å². The van der Waals surface area contributed by atoms with Crippen molar-refractivity contribution in [2.75, 3.05) is 26.8 Å². The zero-order chi connectivity index (χ0) is 13.4. The Morgan fingerprint density at radius 3 is 2.94 bits per heavy atom. The van der Waals surface area contributed by atoms with Gasteiger partial charge in [0.1, 0.15) is 0 Å². The van der Waals surface area contributed by atoms with E-state index in [2.05, 4.69) is 0 Å². The summed E-state index contributed by atoms with van der Waals surface area (Å²) in [6, 6.07) is 4.05. The fraction of sp³-hybridized carbons (Fsp3) is 0.615. The number of carbonyl (C=O) groups excluding carboxylic acids is 1. The molecule has 1 aromatic heterocycles. The minimum atomic E-state index is -0.0215. The first-order valence-electron chi connectivity index (χ1n) is 6.19. The van der Waals surface area contributed by atoms with Gasteiger partial charge in [0.15, 0.2) is 0 Å². The summed E-state index contributed by atoms with van der Waals surface area (Å²) in [5, 5.41) is 2.03. The molecule has 0 bridgehead atoms. The second kappa shape index (κ2) is 8.24. The number of nitrogens with two attached hydrogens (primary N) is 1. The van der Waals surface area contributed by atoms with Gasteiger partial charge in [-0.05, 0) is 24.4 Å². The van der Waals surface area contributed by atoms with Crippen molar-refractivity contribution in [3.05, 3.63) is 22.4 Å². The molecule has 4 nitrogen and oxygen atoms in total. The van der Waals surface area contributed by atoms with Crippen LogP contribution in [0.2, 0.25) is 0 Å². The zero-order valence-corrected chi connectivity index (χ0v) is 11.9. The largest absolute Gasteiger partial charge is 0.383 e. The smallest absolute Gasteiger partial charge is 0.225 e. The summed E-state index contributed by atoms with van der Waals surface area (Å²) in [6.45, 7) is 4.33. The fourth-order valence-corrected chi connectivity index (χ4v) is 2.46. The molecule has 0 radical (unpaired) electrons. The van der Waals surface area contributed by atoms with Crippen molar-refractivity contribution in [3.8, 4) is 0 Å². The van der Waals surface area contributed by atoms with Gasteiger partial charge in [-0.3, -0.25) is 4.79 Å². The van der Waals surface area contributed by atoms with E-state index in [0.29, 0.717) is 26.2 Å². The second-order valence-electron chi connectivity index (χ2n) is 4.31.